The topological polar surface area (TPSA) is 47.0 Å². The van der Waals surface area contributed by atoms with E-state index in [1.54, 1.807) is 18.4 Å². The van der Waals surface area contributed by atoms with E-state index in [1.807, 2.05) is 31.2 Å². The first-order valence-corrected chi connectivity index (χ1v) is 7.64. The quantitative estimate of drug-likeness (QED) is 0.717. The van der Waals surface area contributed by atoms with Gasteiger partial charge in [-0.3, -0.25) is 0 Å². The van der Waals surface area contributed by atoms with Gasteiger partial charge in [0.2, 0.25) is 5.28 Å². The average Bonchev–Trinajstić information content (AvgIpc) is 2.81. The Morgan fingerprint density at radius 1 is 1.29 bits per heavy atom. The summed E-state index contributed by atoms with van der Waals surface area (Å²) in [5.41, 5.74) is 2.02. The van der Waals surface area contributed by atoms with Gasteiger partial charge in [-0.05, 0) is 30.7 Å². The normalized spacial score (nSPS) is 11.0. The lowest BCUT2D eigenvalue weighted by Crippen LogP contribution is -2.00. The summed E-state index contributed by atoms with van der Waals surface area (Å²) in [5, 5.41) is 4.57. The molecule has 0 unspecified atom stereocenters. The Balaban J connectivity index is 2.05. The van der Waals surface area contributed by atoms with Crippen LogP contribution in [0.4, 0.5) is 11.5 Å². The number of aryl methyl sites for hydroxylation is 1. The Hall–Kier alpha value is -1.69. The van der Waals surface area contributed by atoms with Crippen molar-refractivity contribution in [3.63, 3.8) is 0 Å². The van der Waals surface area contributed by atoms with Gasteiger partial charge in [0.15, 0.2) is 0 Å². The van der Waals surface area contributed by atoms with Crippen LogP contribution in [0, 0.1) is 6.92 Å². The lowest BCUT2D eigenvalue weighted by molar-refractivity contribution is 0.185. The van der Waals surface area contributed by atoms with E-state index >= 15 is 0 Å². The first-order chi connectivity index (χ1) is 10.2. The third-order valence-corrected chi connectivity index (χ3v) is 4.17. The number of nitrogens with one attached hydrogen (secondary N) is 1. The van der Waals surface area contributed by atoms with Crippen LogP contribution in [0.15, 0.2) is 30.3 Å². The Labute approximate surface area is 131 Å². The van der Waals surface area contributed by atoms with Crippen LogP contribution in [0.3, 0.4) is 0 Å². The minimum absolute atomic E-state index is 0.246. The minimum atomic E-state index is 0.246. The zero-order valence-electron chi connectivity index (χ0n) is 11.7. The van der Waals surface area contributed by atoms with E-state index < -0.39 is 0 Å². The molecule has 6 heteroatoms. The van der Waals surface area contributed by atoms with Gasteiger partial charge in [0.25, 0.3) is 0 Å². The Morgan fingerprint density at radius 2 is 2.10 bits per heavy atom. The number of halogens is 1. The summed E-state index contributed by atoms with van der Waals surface area (Å²) in [6.07, 6.45) is 0. The Morgan fingerprint density at radius 3 is 2.90 bits per heavy atom. The van der Waals surface area contributed by atoms with Crippen LogP contribution in [0.25, 0.3) is 10.2 Å². The number of hydrogen-bond donors (Lipinski definition) is 1. The number of benzene rings is 1. The Kier molecular flexibility index (Phi) is 4.05. The number of anilines is 2. The van der Waals surface area contributed by atoms with Gasteiger partial charge >= 0.3 is 0 Å². The van der Waals surface area contributed by atoms with Gasteiger partial charge in [-0.15, -0.1) is 11.3 Å². The number of thiophene rings is 1. The fourth-order valence-corrected chi connectivity index (χ4v) is 3.26. The van der Waals surface area contributed by atoms with Crippen LogP contribution in [0.5, 0.6) is 0 Å². The average molecular weight is 320 g/mol. The van der Waals surface area contributed by atoms with Gasteiger partial charge in [0, 0.05) is 23.2 Å². The molecule has 0 atom stereocenters. The lowest BCUT2D eigenvalue weighted by Gasteiger charge is -2.11. The molecule has 21 heavy (non-hydrogen) atoms. The highest BCUT2D eigenvalue weighted by molar-refractivity contribution is 7.18. The largest absolute Gasteiger partial charge is 0.380 e. The van der Waals surface area contributed by atoms with Crippen molar-refractivity contribution in [2.75, 3.05) is 12.4 Å². The summed E-state index contributed by atoms with van der Waals surface area (Å²) in [6.45, 7) is 2.58. The SMILES string of the molecule is COCc1ccccc1Nc1nc(Cl)nc2sc(C)cc12. The van der Waals surface area contributed by atoms with Gasteiger partial charge in [0.05, 0.1) is 12.0 Å². The molecule has 108 valence electrons. The van der Waals surface area contributed by atoms with E-state index in [9.17, 15) is 0 Å². The van der Waals surface area contributed by atoms with E-state index in [1.165, 1.54) is 4.88 Å². The number of nitrogens with zero attached hydrogens (tertiary/aromatic N) is 2. The molecule has 1 N–H and O–H groups in total. The molecule has 3 rings (SSSR count). The van der Waals surface area contributed by atoms with Crippen LogP contribution in [-0.2, 0) is 11.3 Å². The van der Waals surface area contributed by atoms with E-state index in [0.717, 1.165) is 27.3 Å². The zero-order valence-corrected chi connectivity index (χ0v) is 13.3. The van der Waals surface area contributed by atoms with Gasteiger partial charge in [-0.2, -0.15) is 4.98 Å². The van der Waals surface area contributed by atoms with E-state index in [0.29, 0.717) is 6.61 Å². The highest BCUT2D eigenvalue weighted by atomic mass is 35.5. The fraction of sp³-hybridized carbons (Fsp3) is 0.200. The molecule has 1 aromatic carbocycles. The predicted molar refractivity (Wildman–Crippen MR) is 87.6 cm³/mol. The predicted octanol–water partition coefficient (Wildman–Crippen LogP) is 4.54. The molecular weight excluding hydrogens is 306 g/mol. The minimum Gasteiger partial charge on any atom is -0.380 e. The first kappa shape index (κ1) is 14.3. The second-order valence-electron chi connectivity index (χ2n) is 4.63. The smallest absolute Gasteiger partial charge is 0.225 e. The number of fused-ring (bicyclic) bond motifs is 1. The molecule has 0 fully saturated rings. The van der Waals surface area contributed by atoms with Crippen LogP contribution in [0.1, 0.15) is 10.4 Å². The number of hydrogen-bond acceptors (Lipinski definition) is 5. The molecule has 2 heterocycles. The van der Waals surface area contributed by atoms with E-state index in [-0.39, 0.29) is 5.28 Å². The number of para-hydroxylation sites is 1. The highest BCUT2D eigenvalue weighted by Crippen LogP contribution is 2.32. The summed E-state index contributed by atoms with van der Waals surface area (Å²) in [4.78, 5) is 10.6. The van der Waals surface area contributed by atoms with Crippen molar-refractivity contribution in [3.8, 4) is 0 Å². The number of rotatable bonds is 4. The van der Waals surface area contributed by atoms with Gasteiger partial charge in [0.1, 0.15) is 10.6 Å². The highest BCUT2D eigenvalue weighted by Gasteiger charge is 2.11. The molecule has 0 aliphatic heterocycles. The summed E-state index contributed by atoms with van der Waals surface area (Å²) in [5.74, 6) is 0.720. The second kappa shape index (κ2) is 5.97. The molecule has 4 nitrogen and oxygen atoms in total. The molecule has 0 saturated heterocycles. The van der Waals surface area contributed by atoms with Crippen LogP contribution in [-0.4, -0.2) is 17.1 Å². The van der Waals surface area contributed by atoms with Crippen LogP contribution in [0.2, 0.25) is 5.28 Å². The molecule has 0 amide bonds. The van der Waals surface area contributed by atoms with Gasteiger partial charge in [-0.1, -0.05) is 18.2 Å². The third-order valence-electron chi connectivity index (χ3n) is 3.06. The van der Waals surface area contributed by atoms with Gasteiger partial charge < -0.3 is 10.1 Å². The van der Waals surface area contributed by atoms with Crippen molar-refractivity contribution in [3.05, 3.63) is 46.1 Å². The first-order valence-electron chi connectivity index (χ1n) is 6.45. The molecule has 3 aromatic rings. The maximum atomic E-state index is 6.02. The van der Waals surface area contributed by atoms with E-state index in [4.69, 9.17) is 16.3 Å². The molecule has 2 aromatic heterocycles. The maximum Gasteiger partial charge on any atom is 0.225 e. The zero-order chi connectivity index (χ0) is 14.8. The van der Waals surface area contributed by atoms with Crippen molar-refractivity contribution in [1.82, 2.24) is 9.97 Å². The summed E-state index contributed by atoms with van der Waals surface area (Å²) >= 11 is 7.63. The standard InChI is InChI=1S/C15H14ClN3OS/c1-9-7-11-13(18-15(16)19-14(11)21-9)17-12-6-4-3-5-10(12)8-20-2/h3-7H,8H2,1-2H3,(H,17,18,19). The summed E-state index contributed by atoms with van der Waals surface area (Å²) < 4.78 is 5.22. The molecule has 0 aliphatic rings. The number of aromatic nitrogens is 2. The second-order valence-corrected chi connectivity index (χ2v) is 6.21. The Bertz CT molecular complexity index is 788. The lowest BCUT2D eigenvalue weighted by atomic mass is 10.2. The van der Waals surface area contributed by atoms with Crippen molar-refractivity contribution < 1.29 is 4.74 Å². The van der Waals surface area contributed by atoms with E-state index in [2.05, 4.69) is 21.4 Å². The monoisotopic (exact) mass is 319 g/mol. The molecule has 0 bridgehead atoms. The molecule has 0 aliphatic carbocycles. The molecular formula is C15H14ClN3OS. The molecule has 0 saturated carbocycles. The van der Waals surface area contributed by atoms with Gasteiger partial charge in [-0.25, -0.2) is 4.98 Å². The van der Waals surface area contributed by atoms with Crippen molar-refractivity contribution in [2.24, 2.45) is 0 Å². The van der Waals surface area contributed by atoms with Crippen LogP contribution < -0.4 is 5.32 Å². The van der Waals surface area contributed by atoms with Crippen molar-refractivity contribution in [2.45, 2.75) is 13.5 Å². The fourth-order valence-electron chi connectivity index (χ4n) is 2.16. The summed E-state index contributed by atoms with van der Waals surface area (Å²) in [7, 11) is 1.68. The van der Waals surface area contributed by atoms with Crippen molar-refractivity contribution in [1.29, 1.82) is 0 Å². The number of methoxy groups -OCH3 is 1. The summed E-state index contributed by atoms with van der Waals surface area (Å²) in [6, 6.07) is 10.0. The maximum absolute atomic E-state index is 6.02. The number of ether oxygens (including phenoxy) is 1. The van der Waals surface area contributed by atoms with Crippen LogP contribution >= 0.6 is 22.9 Å². The molecule has 0 radical (unpaired) electrons. The third kappa shape index (κ3) is 3.00. The van der Waals surface area contributed by atoms with Crippen molar-refractivity contribution >= 4 is 44.7 Å². The molecule has 0 spiro atoms.